The maximum absolute atomic E-state index is 11.7. The van der Waals surface area contributed by atoms with E-state index in [1.54, 1.807) is 31.2 Å². The smallest absolute Gasteiger partial charge is 0.352 e. The Hall–Kier alpha value is -2.19. The SMILES string of the molecule is CCN/C(Nc1ccc(Cl)cc1)=C(\C#N)C(=O)OCC. The van der Waals surface area contributed by atoms with Crippen LogP contribution >= 0.6 is 11.6 Å². The Balaban J connectivity index is 3.04. The number of carbonyl (C=O) groups excluding carboxylic acids is 1. The summed E-state index contributed by atoms with van der Waals surface area (Å²) < 4.78 is 4.86. The van der Waals surface area contributed by atoms with Crippen molar-refractivity contribution in [3.8, 4) is 6.07 Å². The first-order valence-electron chi connectivity index (χ1n) is 6.20. The second kappa shape index (κ2) is 8.08. The van der Waals surface area contributed by atoms with Crippen molar-refractivity contribution in [2.75, 3.05) is 18.5 Å². The predicted molar refractivity (Wildman–Crippen MR) is 78.0 cm³/mol. The third kappa shape index (κ3) is 4.48. The van der Waals surface area contributed by atoms with E-state index in [-0.39, 0.29) is 12.2 Å². The minimum Gasteiger partial charge on any atom is -0.462 e. The fourth-order valence-electron chi connectivity index (χ4n) is 1.46. The van der Waals surface area contributed by atoms with Gasteiger partial charge >= 0.3 is 5.97 Å². The molecular formula is C14H16ClN3O2. The summed E-state index contributed by atoms with van der Waals surface area (Å²) in [7, 11) is 0. The van der Waals surface area contributed by atoms with Gasteiger partial charge in [-0.1, -0.05) is 11.6 Å². The van der Waals surface area contributed by atoms with E-state index in [1.807, 2.05) is 13.0 Å². The number of hydrogen-bond acceptors (Lipinski definition) is 5. The molecule has 0 spiro atoms. The summed E-state index contributed by atoms with van der Waals surface area (Å²) in [6.07, 6.45) is 0. The summed E-state index contributed by atoms with van der Waals surface area (Å²) in [5, 5.41) is 15.7. The number of benzene rings is 1. The molecule has 5 nitrogen and oxygen atoms in total. The number of nitrogens with zero attached hydrogens (tertiary/aromatic N) is 1. The molecule has 0 aromatic heterocycles. The van der Waals surface area contributed by atoms with E-state index in [2.05, 4.69) is 10.6 Å². The number of anilines is 1. The molecule has 0 aliphatic heterocycles. The van der Waals surface area contributed by atoms with Crippen molar-refractivity contribution in [3.63, 3.8) is 0 Å². The largest absolute Gasteiger partial charge is 0.462 e. The van der Waals surface area contributed by atoms with Crippen molar-refractivity contribution in [1.29, 1.82) is 5.26 Å². The molecule has 0 saturated carbocycles. The predicted octanol–water partition coefficient (Wildman–Crippen LogP) is 2.66. The molecule has 2 N–H and O–H groups in total. The Labute approximate surface area is 123 Å². The lowest BCUT2D eigenvalue weighted by molar-refractivity contribution is -0.138. The average Bonchev–Trinajstić information content (AvgIpc) is 2.42. The number of halogens is 1. The molecule has 0 radical (unpaired) electrons. The monoisotopic (exact) mass is 293 g/mol. The first-order chi connectivity index (χ1) is 9.62. The van der Waals surface area contributed by atoms with E-state index >= 15 is 0 Å². The number of ether oxygens (including phenoxy) is 1. The van der Waals surface area contributed by atoms with Gasteiger partial charge < -0.3 is 15.4 Å². The highest BCUT2D eigenvalue weighted by atomic mass is 35.5. The maximum atomic E-state index is 11.7. The van der Waals surface area contributed by atoms with Gasteiger partial charge in [0.2, 0.25) is 0 Å². The minimum absolute atomic E-state index is 0.0938. The lowest BCUT2D eigenvalue weighted by atomic mass is 10.2. The zero-order valence-corrected chi connectivity index (χ0v) is 12.1. The van der Waals surface area contributed by atoms with Crippen molar-refractivity contribution >= 4 is 23.3 Å². The second-order valence-electron chi connectivity index (χ2n) is 3.74. The molecule has 0 atom stereocenters. The van der Waals surface area contributed by atoms with Crippen LogP contribution in [0, 0.1) is 11.3 Å². The van der Waals surface area contributed by atoms with Crippen molar-refractivity contribution in [1.82, 2.24) is 5.32 Å². The van der Waals surface area contributed by atoms with Crippen LogP contribution in [0.5, 0.6) is 0 Å². The fraction of sp³-hybridized carbons (Fsp3) is 0.286. The van der Waals surface area contributed by atoms with Gasteiger partial charge in [-0.2, -0.15) is 5.26 Å². The molecule has 0 amide bonds. The van der Waals surface area contributed by atoms with Crippen molar-refractivity contribution in [2.24, 2.45) is 0 Å². The van der Waals surface area contributed by atoms with Crippen molar-refractivity contribution in [2.45, 2.75) is 13.8 Å². The summed E-state index contributed by atoms with van der Waals surface area (Å²) in [6, 6.07) is 8.78. The number of carbonyl (C=O) groups is 1. The van der Waals surface area contributed by atoms with E-state index in [4.69, 9.17) is 21.6 Å². The van der Waals surface area contributed by atoms with Crippen LogP contribution in [0.3, 0.4) is 0 Å². The summed E-state index contributed by atoms with van der Waals surface area (Å²) in [5.74, 6) is -0.344. The summed E-state index contributed by atoms with van der Waals surface area (Å²) in [6.45, 7) is 4.32. The molecule has 0 heterocycles. The second-order valence-corrected chi connectivity index (χ2v) is 4.18. The van der Waals surface area contributed by atoms with Crippen LogP contribution in [-0.2, 0) is 9.53 Å². The lowest BCUT2D eigenvalue weighted by Gasteiger charge is -2.14. The molecule has 6 heteroatoms. The lowest BCUT2D eigenvalue weighted by Crippen LogP contribution is -2.24. The van der Waals surface area contributed by atoms with Gasteiger partial charge in [-0.05, 0) is 38.1 Å². The van der Waals surface area contributed by atoms with E-state index in [0.29, 0.717) is 23.1 Å². The average molecular weight is 294 g/mol. The fourth-order valence-corrected chi connectivity index (χ4v) is 1.58. The third-order valence-corrected chi connectivity index (χ3v) is 2.56. The zero-order valence-electron chi connectivity index (χ0n) is 11.4. The van der Waals surface area contributed by atoms with Gasteiger partial charge in [-0.25, -0.2) is 4.79 Å². The number of hydrogen-bond donors (Lipinski definition) is 2. The maximum Gasteiger partial charge on any atom is 0.352 e. The Morgan fingerprint density at radius 2 is 2.00 bits per heavy atom. The Bertz CT molecular complexity index is 532. The normalized spacial score (nSPS) is 11.1. The molecule has 1 aromatic rings. The highest BCUT2D eigenvalue weighted by molar-refractivity contribution is 6.30. The summed E-state index contributed by atoms with van der Waals surface area (Å²) in [5.41, 5.74) is 0.617. The summed E-state index contributed by atoms with van der Waals surface area (Å²) in [4.78, 5) is 11.7. The van der Waals surface area contributed by atoms with Gasteiger partial charge in [0.05, 0.1) is 6.61 Å². The van der Waals surface area contributed by atoms with Gasteiger partial charge in [-0.15, -0.1) is 0 Å². The highest BCUT2D eigenvalue weighted by Crippen LogP contribution is 2.16. The van der Waals surface area contributed by atoms with Crippen LogP contribution in [0.4, 0.5) is 5.69 Å². The number of esters is 1. The molecule has 0 unspecified atom stereocenters. The van der Waals surface area contributed by atoms with Crippen LogP contribution in [0.2, 0.25) is 5.02 Å². The Morgan fingerprint density at radius 1 is 1.35 bits per heavy atom. The molecule has 0 aliphatic rings. The van der Waals surface area contributed by atoms with Gasteiger partial charge in [0.25, 0.3) is 0 Å². The van der Waals surface area contributed by atoms with Gasteiger partial charge in [0, 0.05) is 17.3 Å². The molecule has 1 rings (SSSR count). The molecule has 0 aliphatic carbocycles. The topological polar surface area (TPSA) is 74.1 Å². The van der Waals surface area contributed by atoms with E-state index < -0.39 is 5.97 Å². The first kappa shape index (κ1) is 15.9. The molecule has 106 valence electrons. The molecule has 0 saturated heterocycles. The van der Waals surface area contributed by atoms with Crippen LogP contribution in [0.1, 0.15) is 13.8 Å². The van der Waals surface area contributed by atoms with Gasteiger partial charge in [0.15, 0.2) is 5.57 Å². The van der Waals surface area contributed by atoms with E-state index in [9.17, 15) is 4.79 Å². The van der Waals surface area contributed by atoms with Crippen LogP contribution in [-0.4, -0.2) is 19.1 Å². The molecule has 0 bridgehead atoms. The van der Waals surface area contributed by atoms with Crippen LogP contribution in [0.25, 0.3) is 0 Å². The standard InChI is InChI=1S/C14H16ClN3O2/c1-3-17-13(12(9-16)14(19)20-4-2)18-11-7-5-10(15)6-8-11/h5-8,17-18H,3-4H2,1-2H3/b13-12-. The van der Waals surface area contributed by atoms with Crippen LogP contribution < -0.4 is 10.6 Å². The Morgan fingerprint density at radius 3 is 2.50 bits per heavy atom. The quantitative estimate of drug-likeness (QED) is 0.479. The number of nitrogens with one attached hydrogen (secondary N) is 2. The highest BCUT2D eigenvalue weighted by Gasteiger charge is 2.16. The molecular weight excluding hydrogens is 278 g/mol. The molecule has 20 heavy (non-hydrogen) atoms. The molecule has 1 aromatic carbocycles. The molecule has 0 fully saturated rings. The van der Waals surface area contributed by atoms with Crippen molar-refractivity contribution in [3.05, 3.63) is 40.7 Å². The van der Waals surface area contributed by atoms with Crippen LogP contribution in [0.15, 0.2) is 35.7 Å². The van der Waals surface area contributed by atoms with Crippen molar-refractivity contribution < 1.29 is 9.53 Å². The number of nitriles is 1. The third-order valence-electron chi connectivity index (χ3n) is 2.31. The zero-order chi connectivity index (χ0) is 15.0. The van der Waals surface area contributed by atoms with Gasteiger partial charge in [-0.3, -0.25) is 0 Å². The minimum atomic E-state index is -0.660. The first-order valence-corrected chi connectivity index (χ1v) is 6.58. The summed E-state index contributed by atoms with van der Waals surface area (Å²) >= 11 is 5.81. The van der Waals surface area contributed by atoms with E-state index in [0.717, 1.165) is 0 Å². The Kier molecular flexibility index (Phi) is 6.41. The number of rotatable bonds is 6. The van der Waals surface area contributed by atoms with Gasteiger partial charge in [0.1, 0.15) is 11.9 Å². The van der Waals surface area contributed by atoms with E-state index in [1.165, 1.54) is 0 Å².